The molecule has 170 valence electrons. The second kappa shape index (κ2) is 9.41. The van der Waals surface area contributed by atoms with E-state index in [1.54, 1.807) is 37.3 Å². The molecule has 1 heterocycles. The van der Waals surface area contributed by atoms with Crippen LogP contribution in [-0.4, -0.2) is 33.9 Å². The molecular formula is C26H21N3O5. The van der Waals surface area contributed by atoms with Crippen molar-refractivity contribution in [2.75, 3.05) is 5.32 Å². The monoisotopic (exact) mass is 455 g/mol. The lowest BCUT2D eigenvalue weighted by atomic mass is 10.0. The Morgan fingerprint density at radius 1 is 0.912 bits per heavy atom. The number of nitrogens with one attached hydrogen (secondary N) is 3. The molecule has 0 spiro atoms. The van der Waals surface area contributed by atoms with Gasteiger partial charge in [-0.1, -0.05) is 42.5 Å². The number of aromatic carboxylic acids is 1. The van der Waals surface area contributed by atoms with Crippen LogP contribution in [0.4, 0.5) is 5.69 Å². The highest BCUT2D eigenvalue weighted by Crippen LogP contribution is 2.20. The van der Waals surface area contributed by atoms with Crippen LogP contribution in [0.3, 0.4) is 0 Å². The molecule has 0 radical (unpaired) electrons. The summed E-state index contributed by atoms with van der Waals surface area (Å²) >= 11 is 0. The van der Waals surface area contributed by atoms with E-state index in [1.807, 2.05) is 36.4 Å². The zero-order valence-electron chi connectivity index (χ0n) is 18.2. The van der Waals surface area contributed by atoms with Gasteiger partial charge in [0.05, 0.1) is 0 Å². The van der Waals surface area contributed by atoms with Gasteiger partial charge in [0, 0.05) is 28.4 Å². The van der Waals surface area contributed by atoms with E-state index in [1.165, 1.54) is 6.07 Å². The molecule has 8 nitrogen and oxygen atoms in total. The van der Waals surface area contributed by atoms with Crippen LogP contribution in [0.25, 0.3) is 22.0 Å². The van der Waals surface area contributed by atoms with E-state index in [0.717, 1.165) is 17.3 Å². The standard InChI is InChI=1S/C26H21N3O5/c1-15(28-25(32)18-9-5-8-17(12-18)16-6-3-2-4-7-16)24(31)29-19-10-11-22-20(13-19)23(30)21(14-27-22)26(33)34/h2-15H,1H3,(H,27,30)(H,28,32)(H,29,31)(H,33,34)/t15-/m0/s1. The van der Waals surface area contributed by atoms with Crippen molar-refractivity contribution in [2.24, 2.45) is 0 Å². The molecule has 1 aromatic heterocycles. The van der Waals surface area contributed by atoms with Gasteiger partial charge in [0.25, 0.3) is 5.91 Å². The molecule has 0 bridgehead atoms. The quantitative estimate of drug-likeness (QED) is 0.353. The lowest BCUT2D eigenvalue weighted by Crippen LogP contribution is -2.41. The number of carbonyl (C=O) groups excluding carboxylic acids is 2. The predicted octanol–water partition coefficient (Wildman–Crippen LogP) is 3.65. The number of carboxylic acid groups (broad SMARTS) is 1. The topological polar surface area (TPSA) is 128 Å². The first-order valence-corrected chi connectivity index (χ1v) is 10.5. The Morgan fingerprint density at radius 2 is 1.65 bits per heavy atom. The fourth-order valence-corrected chi connectivity index (χ4v) is 3.52. The Hall–Kier alpha value is -4.72. The minimum Gasteiger partial charge on any atom is -0.477 e. The zero-order chi connectivity index (χ0) is 24.2. The maximum Gasteiger partial charge on any atom is 0.341 e. The maximum atomic E-state index is 12.7. The molecule has 2 amide bonds. The first kappa shape index (κ1) is 22.5. The molecule has 4 rings (SSSR count). The van der Waals surface area contributed by atoms with E-state index in [-0.39, 0.29) is 5.39 Å². The molecule has 0 aliphatic rings. The number of aromatic nitrogens is 1. The van der Waals surface area contributed by atoms with E-state index >= 15 is 0 Å². The Morgan fingerprint density at radius 3 is 2.38 bits per heavy atom. The number of anilines is 1. The summed E-state index contributed by atoms with van der Waals surface area (Å²) in [6.45, 7) is 1.55. The minimum atomic E-state index is -1.34. The Labute approximate surface area is 194 Å². The summed E-state index contributed by atoms with van der Waals surface area (Å²) in [6.07, 6.45) is 1.13. The molecule has 0 aliphatic carbocycles. The van der Waals surface area contributed by atoms with E-state index < -0.39 is 34.8 Å². The highest BCUT2D eigenvalue weighted by molar-refractivity contribution is 6.02. The molecule has 3 aromatic carbocycles. The van der Waals surface area contributed by atoms with Crippen LogP contribution in [-0.2, 0) is 4.79 Å². The van der Waals surface area contributed by atoms with E-state index in [2.05, 4.69) is 15.6 Å². The van der Waals surface area contributed by atoms with Gasteiger partial charge < -0.3 is 20.7 Å². The SMILES string of the molecule is C[C@H](NC(=O)c1cccc(-c2ccccc2)c1)C(=O)Nc1ccc2[nH]cc(C(=O)O)c(=O)c2c1. The summed E-state index contributed by atoms with van der Waals surface area (Å²) in [5, 5.41) is 14.6. The fourth-order valence-electron chi connectivity index (χ4n) is 3.52. The van der Waals surface area contributed by atoms with Gasteiger partial charge in [-0.15, -0.1) is 0 Å². The second-order valence-electron chi connectivity index (χ2n) is 7.73. The van der Waals surface area contributed by atoms with Gasteiger partial charge >= 0.3 is 5.97 Å². The maximum absolute atomic E-state index is 12.7. The summed E-state index contributed by atoms with van der Waals surface area (Å²) in [6, 6.07) is 20.4. The zero-order valence-corrected chi connectivity index (χ0v) is 18.2. The summed E-state index contributed by atoms with van der Waals surface area (Å²) in [5.41, 5.74) is 1.96. The number of H-pyrrole nitrogens is 1. The predicted molar refractivity (Wildman–Crippen MR) is 129 cm³/mol. The highest BCUT2D eigenvalue weighted by Gasteiger charge is 2.18. The number of carboxylic acids is 1. The fraction of sp³-hybridized carbons (Fsp3) is 0.0769. The van der Waals surface area contributed by atoms with Crippen LogP contribution in [0.15, 0.2) is 83.8 Å². The van der Waals surface area contributed by atoms with Crippen molar-refractivity contribution in [3.63, 3.8) is 0 Å². The van der Waals surface area contributed by atoms with Gasteiger partial charge in [-0.05, 0) is 48.4 Å². The third-order valence-electron chi connectivity index (χ3n) is 5.35. The van der Waals surface area contributed by atoms with Crippen molar-refractivity contribution >= 4 is 34.4 Å². The normalized spacial score (nSPS) is 11.6. The molecule has 1 atom stereocenters. The molecule has 0 saturated carbocycles. The molecular weight excluding hydrogens is 434 g/mol. The lowest BCUT2D eigenvalue weighted by Gasteiger charge is -2.15. The van der Waals surface area contributed by atoms with E-state index in [9.17, 15) is 19.2 Å². The largest absolute Gasteiger partial charge is 0.477 e. The molecule has 0 saturated heterocycles. The molecule has 0 fully saturated rings. The van der Waals surface area contributed by atoms with Crippen LogP contribution < -0.4 is 16.1 Å². The van der Waals surface area contributed by atoms with Gasteiger partial charge in [0.1, 0.15) is 11.6 Å². The van der Waals surface area contributed by atoms with Crippen LogP contribution in [0.5, 0.6) is 0 Å². The molecule has 4 aromatic rings. The Kier molecular flexibility index (Phi) is 6.22. The van der Waals surface area contributed by atoms with Crippen molar-refractivity contribution in [2.45, 2.75) is 13.0 Å². The van der Waals surface area contributed by atoms with Crippen LogP contribution in [0, 0.1) is 0 Å². The molecule has 4 N–H and O–H groups in total. The first-order chi connectivity index (χ1) is 16.3. The van der Waals surface area contributed by atoms with Crippen molar-refractivity contribution in [1.82, 2.24) is 10.3 Å². The third kappa shape index (κ3) is 4.71. The number of carbonyl (C=O) groups is 3. The van der Waals surface area contributed by atoms with Crippen LogP contribution in [0.1, 0.15) is 27.6 Å². The highest BCUT2D eigenvalue weighted by atomic mass is 16.4. The summed E-state index contributed by atoms with van der Waals surface area (Å²) in [5.74, 6) is -2.23. The van der Waals surface area contributed by atoms with Crippen molar-refractivity contribution in [3.8, 4) is 11.1 Å². The van der Waals surface area contributed by atoms with E-state index in [4.69, 9.17) is 5.11 Å². The number of rotatable bonds is 6. The van der Waals surface area contributed by atoms with Gasteiger partial charge in [0.15, 0.2) is 0 Å². The second-order valence-corrected chi connectivity index (χ2v) is 7.73. The van der Waals surface area contributed by atoms with Gasteiger partial charge in [-0.3, -0.25) is 14.4 Å². The van der Waals surface area contributed by atoms with Gasteiger partial charge in [0.2, 0.25) is 11.3 Å². The number of benzene rings is 3. The van der Waals surface area contributed by atoms with Crippen LogP contribution in [0.2, 0.25) is 0 Å². The number of hydrogen-bond donors (Lipinski definition) is 4. The smallest absolute Gasteiger partial charge is 0.341 e. The molecule has 34 heavy (non-hydrogen) atoms. The Balaban J connectivity index is 1.47. The minimum absolute atomic E-state index is 0.132. The summed E-state index contributed by atoms with van der Waals surface area (Å²) in [4.78, 5) is 51.7. The number of amides is 2. The molecule has 0 aliphatic heterocycles. The lowest BCUT2D eigenvalue weighted by molar-refractivity contribution is -0.117. The average molecular weight is 455 g/mol. The van der Waals surface area contributed by atoms with Gasteiger partial charge in [-0.25, -0.2) is 4.79 Å². The summed E-state index contributed by atoms with van der Waals surface area (Å²) in [7, 11) is 0. The first-order valence-electron chi connectivity index (χ1n) is 10.5. The summed E-state index contributed by atoms with van der Waals surface area (Å²) < 4.78 is 0. The van der Waals surface area contributed by atoms with Gasteiger partial charge in [-0.2, -0.15) is 0 Å². The third-order valence-corrected chi connectivity index (χ3v) is 5.35. The number of pyridine rings is 1. The molecule has 0 unspecified atom stereocenters. The van der Waals surface area contributed by atoms with Crippen molar-refractivity contribution in [1.29, 1.82) is 0 Å². The van der Waals surface area contributed by atoms with Crippen molar-refractivity contribution < 1.29 is 19.5 Å². The number of hydrogen-bond acceptors (Lipinski definition) is 4. The average Bonchev–Trinajstić information content (AvgIpc) is 2.85. The number of fused-ring (bicyclic) bond motifs is 1. The van der Waals surface area contributed by atoms with E-state index in [0.29, 0.717) is 16.8 Å². The van der Waals surface area contributed by atoms with Crippen molar-refractivity contribution in [3.05, 3.63) is 100 Å². The Bertz CT molecular complexity index is 1460. The molecule has 8 heteroatoms. The van der Waals surface area contributed by atoms with Crippen LogP contribution >= 0.6 is 0 Å². The number of aromatic amines is 1.